The average Bonchev–Trinajstić information content (AvgIpc) is 3.17. The number of nitrogens with two attached hydrogens (primary N) is 1. The Morgan fingerprint density at radius 3 is 2.90 bits per heavy atom. The van der Waals surface area contributed by atoms with Crippen LogP contribution in [0.15, 0.2) is 23.7 Å². The number of nitrogens with one attached hydrogen (secondary N) is 1. The molecule has 2 aromatic rings. The zero-order valence-corrected chi connectivity index (χ0v) is 12.7. The molecule has 3 N–H and O–H groups in total. The number of thiophene rings is 1. The van der Waals surface area contributed by atoms with Crippen molar-refractivity contribution in [1.82, 2.24) is 15.2 Å². The molecule has 0 saturated heterocycles. The van der Waals surface area contributed by atoms with E-state index in [-0.39, 0.29) is 6.04 Å². The second kappa shape index (κ2) is 6.08. The van der Waals surface area contributed by atoms with Gasteiger partial charge >= 0.3 is 0 Å². The Kier molecular flexibility index (Phi) is 4.19. The van der Waals surface area contributed by atoms with E-state index in [1.165, 1.54) is 36.1 Å². The molecule has 1 saturated carbocycles. The van der Waals surface area contributed by atoms with Crippen LogP contribution in [0.3, 0.4) is 0 Å². The van der Waals surface area contributed by atoms with E-state index in [0.717, 1.165) is 12.1 Å². The first-order valence-corrected chi connectivity index (χ1v) is 8.20. The third-order valence-electron chi connectivity index (χ3n) is 4.20. The summed E-state index contributed by atoms with van der Waals surface area (Å²) in [6.07, 6.45) is 8.17. The molecule has 2 heterocycles. The third kappa shape index (κ3) is 2.80. The minimum absolute atomic E-state index is 0.155. The Hall–Kier alpha value is -1.17. The van der Waals surface area contributed by atoms with Gasteiger partial charge in [0, 0.05) is 17.5 Å². The van der Waals surface area contributed by atoms with Crippen LogP contribution in [0.4, 0.5) is 0 Å². The Balaban J connectivity index is 1.71. The number of hydrogen-bond donors (Lipinski definition) is 2. The molecule has 0 radical (unpaired) electrons. The van der Waals surface area contributed by atoms with Crippen molar-refractivity contribution in [2.24, 2.45) is 5.84 Å². The van der Waals surface area contributed by atoms with E-state index in [9.17, 15) is 0 Å². The van der Waals surface area contributed by atoms with Crippen LogP contribution in [0.25, 0.3) is 0 Å². The fourth-order valence-electron chi connectivity index (χ4n) is 3.04. The number of hydrogen-bond acceptors (Lipinski definition) is 4. The monoisotopic (exact) mass is 290 g/mol. The molecule has 3 rings (SSSR count). The summed E-state index contributed by atoms with van der Waals surface area (Å²) in [4.78, 5) is 1.31. The summed E-state index contributed by atoms with van der Waals surface area (Å²) in [5, 5.41) is 6.86. The molecule has 108 valence electrons. The van der Waals surface area contributed by atoms with Gasteiger partial charge in [0.15, 0.2) is 0 Å². The predicted molar refractivity (Wildman–Crippen MR) is 82.6 cm³/mol. The summed E-state index contributed by atoms with van der Waals surface area (Å²) < 4.78 is 2.15. The van der Waals surface area contributed by atoms with Gasteiger partial charge in [-0.15, -0.1) is 11.3 Å². The largest absolute Gasteiger partial charge is 0.271 e. The van der Waals surface area contributed by atoms with Gasteiger partial charge in [-0.25, -0.2) is 0 Å². The maximum atomic E-state index is 5.73. The summed E-state index contributed by atoms with van der Waals surface area (Å²) in [6, 6.07) is 5.03. The molecule has 1 unspecified atom stereocenters. The fourth-order valence-corrected chi connectivity index (χ4v) is 4.02. The van der Waals surface area contributed by atoms with Crippen molar-refractivity contribution < 1.29 is 0 Å². The molecular formula is C15H22N4S. The van der Waals surface area contributed by atoms with Crippen LogP contribution in [0.2, 0.25) is 0 Å². The Bertz CT molecular complexity index is 554. The third-order valence-corrected chi connectivity index (χ3v) is 5.33. The van der Waals surface area contributed by atoms with Crippen LogP contribution in [0.1, 0.15) is 53.9 Å². The lowest BCUT2D eigenvalue weighted by Crippen LogP contribution is -2.29. The van der Waals surface area contributed by atoms with Crippen molar-refractivity contribution >= 4 is 11.3 Å². The molecule has 1 atom stereocenters. The van der Waals surface area contributed by atoms with Crippen LogP contribution >= 0.6 is 11.3 Å². The van der Waals surface area contributed by atoms with Gasteiger partial charge in [0.25, 0.3) is 0 Å². The zero-order valence-electron chi connectivity index (χ0n) is 11.9. The van der Waals surface area contributed by atoms with Gasteiger partial charge in [0.2, 0.25) is 0 Å². The highest BCUT2D eigenvalue weighted by molar-refractivity contribution is 7.10. The maximum Gasteiger partial charge on any atom is 0.0644 e. The fraction of sp³-hybridized carbons (Fsp3) is 0.533. The highest BCUT2D eigenvalue weighted by atomic mass is 32.1. The molecule has 4 nitrogen and oxygen atoms in total. The highest BCUT2D eigenvalue weighted by Gasteiger charge is 2.19. The number of aryl methyl sites for hydroxylation is 1. The summed E-state index contributed by atoms with van der Waals surface area (Å²) in [5.41, 5.74) is 5.35. The lowest BCUT2D eigenvalue weighted by molar-refractivity contribution is 0.458. The topological polar surface area (TPSA) is 55.9 Å². The van der Waals surface area contributed by atoms with Gasteiger partial charge in [0.1, 0.15) is 0 Å². The van der Waals surface area contributed by atoms with E-state index in [1.807, 2.05) is 0 Å². The lowest BCUT2D eigenvalue weighted by atomic mass is 10.1. The molecule has 0 aliphatic heterocycles. The quantitative estimate of drug-likeness (QED) is 0.657. The summed E-state index contributed by atoms with van der Waals surface area (Å²) in [6.45, 7) is 2.13. The van der Waals surface area contributed by atoms with Crippen molar-refractivity contribution in [3.8, 4) is 0 Å². The average molecular weight is 290 g/mol. The molecule has 0 bridgehead atoms. The number of nitrogens with zero attached hydrogens (tertiary/aromatic N) is 2. The standard InChI is InChI=1S/C15H22N4S/c1-11-7-9-20-15(11)14(17-16)10-12-6-8-19(18-12)13-4-2-3-5-13/h6-9,13-14,17H,2-5,10,16H2,1H3. The van der Waals surface area contributed by atoms with E-state index in [2.05, 4.69) is 40.7 Å². The van der Waals surface area contributed by atoms with Gasteiger partial charge in [0.05, 0.1) is 17.8 Å². The molecule has 20 heavy (non-hydrogen) atoms. The maximum absolute atomic E-state index is 5.73. The summed E-state index contributed by atoms with van der Waals surface area (Å²) >= 11 is 1.76. The molecule has 1 aliphatic rings. The number of aromatic nitrogens is 2. The normalized spacial score (nSPS) is 17.7. The Morgan fingerprint density at radius 1 is 1.45 bits per heavy atom. The van der Waals surface area contributed by atoms with E-state index in [4.69, 9.17) is 10.9 Å². The molecule has 1 fully saturated rings. The Labute approximate surface area is 124 Å². The highest BCUT2D eigenvalue weighted by Crippen LogP contribution is 2.30. The van der Waals surface area contributed by atoms with Crippen molar-refractivity contribution in [2.45, 2.75) is 51.1 Å². The van der Waals surface area contributed by atoms with Crippen LogP contribution in [-0.2, 0) is 6.42 Å². The van der Waals surface area contributed by atoms with Crippen molar-refractivity contribution in [2.75, 3.05) is 0 Å². The summed E-state index contributed by atoms with van der Waals surface area (Å²) in [5.74, 6) is 5.73. The lowest BCUT2D eigenvalue weighted by Gasteiger charge is -2.14. The Morgan fingerprint density at radius 2 is 2.25 bits per heavy atom. The molecule has 0 spiro atoms. The van der Waals surface area contributed by atoms with Crippen molar-refractivity contribution in [3.63, 3.8) is 0 Å². The van der Waals surface area contributed by atoms with Gasteiger partial charge in [-0.05, 0) is 42.8 Å². The molecule has 0 amide bonds. The first-order valence-electron chi connectivity index (χ1n) is 7.32. The molecule has 2 aromatic heterocycles. The smallest absolute Gasteiger partial charge is 0.0644 e. The minimum Gasteiger partial charge on any atom is -0.271 e. The van der Waals surface area contributed by atoms with E-state index < -0.39 is 0 Å². The van der Waals surface area contributed by atoms with Crippen LogP contribution in [0, 0.1) is 6.92 Å². The van der Waals surface area contributed by atoms with Crippen LogP contribution in [0.5, 0.6) is 0 Å². The minimum atomic E-state index is 0.155. The first kappa shape index (κ1) is 13.8. The SMILES string of the molecule is Cc1ccsc1C(Cc1ccn(C2CCCC2)n1)NN. The predicted octanol–water partition coefficient (Wildman–Crippen LogP) is 3.12. The molecule has 5 heteroatoms. The number of hydrazine groups is 1. The molecule has 0 aromatic carbocycles. The van der Waals surface area contributed by atoms with Gasteiger partial charge in [-0.3, -0.25) is 16.0 Å². The second-order valence-electron chi connectivity index (χ2n) is 5.62. The van der Waals surface area contributed by atoms with E-state index >= 15 is 0 Å². The number of rotatable bonds is 5. The van der Waals surface area contributed by atoms with E-state index in [1.54, 1.807) is 11.3 Å². The zero-order chi connectivity index (χ0) is 13.9. The van der Waals surface area contributed by atoms with Gasteiger partial charge < -0.3 is 0 Å². The molecular weight excluding hydrogens is 268 g/mol. The molecule has 1 aliphatic carbocycles. The van der Waals surface area contributed by atoms with Gasteiger partial charge in [-0.2, -0.15) is 5.10 Å². The van der Waals surface area contributed by atoms with Crippen molar-refractivity contribution in [1.29, 1.82) is 0 Å². The second-order valence-corrected chi connectivity index (χ2v) is 6.56. The van der Waals surface area contributed by atoms with E-state index in [0.29, 0.717) is 6.04 Å². The first-order chi connectivity index (χ1) is 9.78. The van der Waals surface area contributed by atoms with Crippen LogP contribution in [-0.4, -0.2) is 9.78 Å². The summed E-state index contributed by atoms with van der Waals surface area (Å²) in [7, 11) is 0. The van der Waals surface area contributed by atoms with Gasteiger partial charge in [-0.1, -0.05) is 12.8 Å². The van der Waals surface area contributed by atoms with Crippen LogP contribution < -0.4 is 11.3 Å². The van der Waals surface area contributed by atoms with Crippen molar-refractivity contribution in [3.05, 3.63) is 39.8 Å².